The van der Waals surface area contributed by atoms with E-state index in [2.05, 4.69) is 26.0 Å². The van der Waals surface area contributed by atoms with E-state index in [9.17, 15) is 14.4 Å². The molecule has 1 aliphatic heterocycles. The van der Waals surface area contributed by atoms with Crippen LogP contribution in [0.4, 0.5) is 0 Å². The van der Waals surface area contributed by atoms with Crippen LogP contribution in [-0.2, 0) is 23.9 Å². The van der Waals surface area contributed by atoms with Crippen LogP contribution >= 0.6 is 15.9 Å². The summed E-state index contributed by atoms with van der Waals surface area (Å²) in [5, 5.41) is 3.07. The van der Waals surface area contributed by atoms with E-state index >= 15 is 0 Å². The summed E-state index contributed by atoms with van der Waals surface area (Å²) in [6.45, 7) is 1.70. The fourth-order valence-corrected chi connectivity index (χ4v) is 3.13. The quantitative estimate of drug-likeness (QED) is 0.621. The number of esters is 2. The van der Waals surface area contributed by atoms with Gasteiger partial charge in [0.1, 0.15) is 5.92 Å². The number of piperidine rings is 1. The molecule has 24 heavy (non-hydrogen) atoms. The molecule has 128 valence electrons. The molecule has 1 N–H and O–H groups in total. The van der Waals surface area contributed by atoms with Gasteiger partial charge in [0.15, 0.2) is 11.7 Å². The second-order valence-electron chi connectivity index (χ2n) is 5.45. The molecule has 0 spiro atoms. The molecule has 1 aliphatic rings. The fraction of sp³-hybridized carbons (Fsp3) is 0.353. The van der Waals surface area contributed by atoms with Gasteiger partial charge in [-0.3, -0.25) is 14.4 Å². The summed E-state index contributed by atoms with van der Waals surface area (Å²) in [6.07, 6.45) is 1.70. The van der Waals surface area contributed by atoms with Crippen LogP contribution in [0.25, 0.3) is 6.08 Å². The van der Waals surface area contributed by atoms with Gasteiger partial charge < -0.3 is 14.8 Å². The molecular formula is C17H18BrNO5. The summed E-state index contributed by atoms with van der Waals surface area (Å²) >= 11 is 3.38. The smallest absolute Gasteiger partial charge is 0.322 e. The van der Waals surface area contributed by atoms with E-state index in [0.29, 0.717) is 5.70 Å². The second-order valence-corrected chi connectivity index (χ2v) is 6.36. The van der Waals surface area contributed by atoms with Crippen molar-refractivity contribution in [1.29, 1.82) is 0 Å². The molecule has 0 aliphatic carbocycles. The third-order valence-electron chi connectivity index (χ3n) is 3.86. The Morgan fingerprint density at radius 3 is 2.46 bits per heavy atom. The lowest BCUT2D eigenvalue weighted by Gasteiger charge is -2.34. The van der Waals surface area contributed by atoms with Crippen LogP contribution in [-0.4, -0.2) is 38.0 Å². The van der Waals surface area contributed by atoms with Crippen LogP contribution in [0.1, 0.15) is 12.5 Å². The summed E-state index contributed by atoms with van der Waals surface area (Å²) in [6, 6.07) is 6.91. The van der Waals surface area contributed by atoms with Crippen molar-refractivity contribution in [3.63, 3.8) is 0 Å². The van der Waals surface area contributed by atoms with Gasteiger partial charge in [-0.1, -0.05) is 28.1 Å². The summed E-state index contributed by atoms with van der Waals surface area (Å²) in [7, 11) is 2.42. The zero-order valence-electron chi connectivity index (χ0n) is 13.5. The van der Waals surface area contributed by atoms with Crippen molar-refractivity contribution in [1.82, 2.24) is 5.32 Å². The molecule has 3 atom stereocenters. The number of hydrogen-bond donors (Lipinski definition) is 1. The Morgan fingerprint density at radius 2 is 1.88 bits per heavy atom. The molecule has 0 aromatic heterocycles. The lowest BCUT2D eigenvalue weighted by molar-refractivity contribution is -0.156. The van der Waals surface area contributed by atoms with E-state index in [1.54, 1.807) is 13.0 Å². The van der Waals surface area contributed by atoms with Gasteiger partial charge in [0.25, 0.3) is 0 Å². The van der Waals surface area contributed by atoms with Crippen LogP contribution in [0, 0.1) is 11.8 Å². The highest BCUT2D eigenvalue weighted by molar-refractivity contribution is 9.10. The van der Waals surface area contributed by atoms with Gasteiger partial charge in [-0.05, 0) is 30.7 Å². The number of nitrogens with one attached hydrogen (secondary N) is 1. The molecule has 2 rings (SSSR count). The number of halogens is 1. The van der Waals surface area contributed by atoms with Crippen LogP contribution in [0.3, 0.4) is 0 Å². The topological polar surface area (TPSA) is 81.7 Å². The first-order valence-electron chi connectivity index (χ1n) is 7.32. The lowest BCUT2D eigenvalue weighted by atomic mass is 9.81. The number of Topliss-reactive ketones (excluding diaryl/α,β-unsaturated/α-hetero) is 1. The maximum Gasteiger partial charge on any atom is 0.322 e. The zero-order chi connectivity index (χ0) is 17.9. The number of methoxy groups -OCH3 is 2. The van der Waals surface area contributed by atoms with Crippen LogP contribution < -0.4 is 5.32 Å². The molecule has 0 radical (unpaired) electrons. The highest BCUT2D eigenvalue weighted by Gasteiger charge is 2.47. The predicted octanol–water partition coefficient (Wildman–Crippen LogP) is 1.93. The highest BCUT2D eigenvalue weighted by atomic mass is 79.9. The molecule has 1 saturated heterocycles. The van der Waals surface area contributed by atoms with Crippen molar-refractivity contribution in [2.45, 2.75) is 13.0 Å². The molecule has 0 amide bonds. The van der Waals surface area contributed by atoms with Gasteiger partial charge in [-0.2, -0.15) is 0 Å². The maximum atomic E-state index is 12.7. The molecule has 1 aromatic carbocycles. The van der Waals surface area contributed by atoms with Crippen molar-refractivity contribution in [2.24, 2.45) is 11.8 Å². The molecule has 7 heteroatoms. The summed E-state index contributed by atoms with van der Waals surface area (Å²) < 4.78 is 10.3. The molecule has 3 unspecified atom stereocenters. The van der Waals surface area contributed by atoms with Crippen LogP contribution in [0.15, 0.2) is 34.4 Å². The molecule has 1 aromatic rings. The van der Waals surface area contributed by atoms with Crippen molar-refractivity contribution in [3.8, 4) is 0 Å². The molecular weight excluding hydrogens is 378 g/mol. The average Bonchev–Trinajstić information content (AvgIpc) is 2.54. The maximum absolute atomic E-state index is 12.7. The lowest BCUT2D eigenvalue weighted by Crippen LogP contribution is -2.54. The Balaban J connectivity index is 2.45. The van der Waals surface area contributed by atoms with Gasteiger partial charge in [0, 0.05) is 16.2 Å². The first-order valence-corrected chi connectivity index (χ1v) is 8.11. The first-order chi connectivity index (χ1) is 11.4. The van der Waals surface area contributed by atoms with Crippen molar-refractivity contribution < 1.29 is 23.9 Å². The number of hydrogen-bond acceptors (Lipinski definition) is 6. The molecule has 0 saturated carbocycles. The van der Waals surface area contributed by atoms with E-state index < -0.39 is 35.6 Å². The monoisotopic (exact) mass is 395 g/mol. The number of carbonyl (C=O) groups excluding carboxylic acids is 3. The van der Waals surface area contributed by atoms with Gasteiger partial charge in [-0.15, -0.1) is 0 Å². The Hall–Kier alpha value is -2.15. The number of carbonyl (C=O) groups is 3. The van der Waals surface area contributed by atoms with Crippen LogP contribution in [0.5, 0.6) is 0 Å². The zero-order valence-corrected chi connectivity index (χ0v) is 15.1. The van der Waals surface area contributed by atoms with E-state index in [1.165, 1.54) is 14.2 Å². The molecule has 1 fully saturated rings. The minimum atomic E-state index is -1.19. The fourth-order valence-electron chi connectivity index (χ4n) is 2.72. The molecule has 1 heterocycles. The van der Waals surface area contributed by atoms with Crippen molar-refractivity contribution in [2.75, 3.05) is 14.2 Å². The van der Waals surface area contributed by atoms with E-state index in [4.69, 9.17) is 4.74 Å². The summed E-state index contributed by atoms with van der Waals surface area (Å²) in [4.78, 5) is 36.7. The van der Waals surface area contributed by atoms with Gasteiger partial charge in [-0.25, -0.2) is 0 Å². The van der Waals surface area contributed by atoms with Crippen LogP contribution in [0.2, 0.25) is 0 Å². The summed E-state index contributed by atoms with van der Waals surface area (Å²) in [5.41, 5.74) is 1.20. The highest BCUT2D eigenvalue weighted by Crippen LogP contribution is 2.28. The molecule has 0 bridgehead atoms. The van der Waals surface area contributed by atoms with E-state index in [0.717, 1.165) is 10.0 Å². The van der Waals surface area contributed by atoms with Gasteiger partial charge >= 0.3 is 11.9 Å². The predicted molar refractivity (Wildman–Crippen MR) is 90.7 cm³/mol. The second kappa shape index (κ2) is 7.61. The minimum Gasteiger partial charge on any atom is -0.468 e. The Bertz CT molecular complexity index is 700. The number of benzene rings is 1. The van der Waals surface area contributed by atoms with Crippen molar-refractivity contribution >= 4 is 39.7 Å². The first kappa shape index (κ1) is 18.2. The number of rotatable bonds is 3. The largest absolute Gasteiger partial charge is 0.468 e. The minimum absolute atomic E-state index is 0.401. The normalized spacial score (nSPS) is 25.1. The number of ketones is 1. The van der Waals surface area contributed by atoms with Crippen molar-refractivity contribution in [3.05, 3.63) is 40.0 Å². The standard InChI is InChI=1S/C17H18BrNO5/c1-9-13(16(21)23-2)15(20)14(17(22)24-3)12(19-9)8-10-5-4-6-11(18)7-10/h4-9,13-14,19H,1-3H3/b12-8-. The summed E-state index contributed by atoms with van der Waals surface area (Å²) in [5.74, 6) is -4.15. The number of ether oxygens (including phenoxy) is 2. The Labute approximate surface area is 148 Å². The van der Waals surface area contributed by atoms with Gasteiger partial charge in [0.2, 0.25) is 0 Å². The van der Waals surface area contributed by atoms with Gasteiger partial charge in [0.05, 0.1) is 14.2 Å². The van der Waals surface area contributed by atoms with E-state index in [-0.39, 0.29) is 0 Å². The Kier molecular flexibility index (Phi) is 5.77. The SMILES string of the molecule is COC(=O)C1C(=O)C(C(=O)OC)C(C)N/C1=C\c1cccc(Br)c1. The third kappa shape index (κ3) is 3.67. The Morgan fingerprint density at radius 1 is 1.21 bits per heavy atom. The average molecular weight is 396 g/mol. The molecule has 6 nitrogen and oxygen atoms in total. The third-order valence-corrected chi connectivity index (χ3v) is 4.35. The van der Waals surface area contributed by atoms with E-state index in [1.807, 2.05) is 24.3 Å².